The van der Waals surface area contributed by atoms with Crippen molar-refractivity contribution in [1.82, 2.24) is 0 Å². The minimum Gasteiger partial charge on any atom is -0.497 e. The predicted octanol–water partition coefficient (Wildman–Crippen LogP) is 1.99. The van der Waals surface area contributed by atoms with Gasteiger partial charge in [-0.25, -0.2) is 0 Å². The maximum atomic E-state index is 5.81. The van der Waals surface area contributed by atoms with Gasteiger partial charge < -0.3 is 15.2 Å². The van der Waals surface area contributed by atoms with E-state index in [0.717, 1.165) is 12.2 Å². The number of hydrogen-bond donors (Lipinski definition) is 1. The minimum atomic E-state index is -0.250. The molecule has 3 nitrogen and oxygen atoms in total. The van der Waals surface area contributed by atoms with Gasteiger partial charge in [-0.1, -0.05) is 12.1 Å². The quantitative estimate of drug-likeness (QED) is 0.750. The van der Waals surface area contributed by atoms with Crippen molar-refractivity contribution in [3.8, 4) is 5.75 Å². The molecule has 0 aliphatic rings. The zero-order valence-electron chi connectivity index (χ0n) is 10.3. The number of methoxy groups -OCH3 is 1. The number of hydrogen-bond acceptors (Lipinski definition) is 3. The van der Waals surface area contributed by atoms with E-state index >= 15 is 0 Å². The highest BCUT2D eigenvalue weighted by molar-refractivity contribution is 5.27. The number of benzene rings is 1. The van der Waals surface area contributed by atoms with Crippen molar-refractivity contribution in [2.45, 2.75) is 25.8 Å². The zero-order valence-corrected chi connectivity index (χ0v) is 10.3. The Labute approximate surface area is 97.6 Å². The Balaban J connectivity index is 2.27. The van der Waals surface area contributed by atoms with E-state index < -0.39 is 0 Å². The first kappa shape index (κ1) is 13.0. The first-order valence-corrected chi connectivity index (χ1v) is 5.51. The van der Waals surface area contributed by atoms with Crippen LogP contribution in [0.1, 0.15) is 19.4 Å². The second kappa shape index (κ2) is 5.87. The van der Waals surface area contributed by atoms with Crippen LogP contribution in [0.5, 0.6) is 5.75 Å². The van der Waals surface area contributed by atoms with Gasteiger partial charge in [0.1, 0.15) is 5.75 Å². The van der Waals surface area contributed by atoms with Crippen LogP contribution in [-0.2, 0) is 11.2 Å². The van der Waals surface area contributed by atoms with Crippen molar-refractivity contribution in [3.05, 3.63) is 29.8 Å². The highest BCUT2D eigenvalue weighted by Crippen LogP contribution is 2.11. The van der Waals surface area contributed by atoms with Crippen molar-refractivity contribution < 1.29 is 9.47 Å². The largest absolute Gasteiger partial charge is 0.497 e. The van der Waals surface area contributed by atoms with Crippen molar-refractivity contribution in [2.24, 2.45) is 5.73 Å². The molecular formula is C13H21NO2. The van der Waals surface area contributed by atoms with Crippen LogP contribution in [0, 0.1) is 0 Å². The van der Waals surface area contributed by atoms with Crippen molar-refractivity contribution in [1.29, 1.82) is 0 Å². The van der Waals surface area contributed by atoms with Gasteiger partial charge >= 0.3 is 0 Å². The Morgan fingerprint density at radius 2 is 1.81 bits per heavy atom. The molecule has 0 saturated carbocycles. The molecule has 1 rings (SSSR count). The number of nitrogens with two attached hydrogens (primary N) is 1. The van der Waals surface area contributed by atoms with E-state index in [-0.39, 0.29) is 5.54 Å². The first-order valence-electron chi connectivity index (χ1n) is 5.51. The normalized spacial score (nSPS) is 11.5. The van der Waals surface area contributed by atoms with Crippen molar-refractivity contribution in [3.63, 3.8) is 0 Å². The predicted molar refractivity (Wildman–Crippen MR) is 65.8 cm³/mol. The van der Waals surface area contributed by atoms with Crippen LogP contribution in [0.3, 0.4) is 0 Å². The molecule has 16 heavy (non-hydrogen) atoms. The molecule has 0 aromatic heterocycles. The molecule has 2 N–H and O–H groups in total. The van der Waals surface area contributed by atoms with E-state index in [1.807, 2.05) is 26.0 Å². The zero-order chi connectivity index (χ0) is 12.0. The molecular weight excluding hydrogens is 202 g/mol. The van der Waals surface area contributed by atoms with Gasteiger partial charge in [0.05, 0.1) is 20.3 Å². The minimum absolute atomic E-state index is 0.250. The molecule has 0 amide bonds. The fraction of sp³-hybridized carbons (Fsp3) is 0.538. The van der Waals surface area contributed by atoms with Crippen LogP contribution in [0.25, 0.3) is 0 Å². The van der Waals surface area contributed by atoms with E-state index in [1.54, 1.807) is 7.11 Å². The van der Waals surface area contributed by atoms with E-state index in [1.165, 1.54) is 5.56 Å². The monoisotopic (exact) mass is 223 g/mol. The summed E-state index contributed by atoms with van der Waals surface area (Å²) in [6.45, 7) is 5.21. The van der Waals surface area contributed by atoms with Gasteiger partial charge in [-0.2, -0.15) is 0 Å². The summed E-state index contributed by atoms with van der Waals surface area (Å²) >= 11 is 0. The Morgan fingerprint density at radius 1 is 1.19 bits per heavy atom. The number of rotatable bonds is 6. The van der Waals surface area contributed by atoms with Gasteiger partial charge in [-0.3, -0.25) is 0 Å². The summed E-state index contributed by atoms with van der Waals surface area (Å²) in [7, 11) is 1.67. The highest BCUT2D eigenvalue weighted by Gasteiger charge is 2.09. The van der Waals surface area contributed by atoms with Crippen molar-refractivity contribution in [2.75, 3.05) is 20.3 Å². The van der Waals surface area contributed by atoms with E-state index in [4.69, 9.17) is 15.2 Å². The van der Waals surface area contributed by atoms with Gasteiger partial charge in [0.25, 0.3) is 0 Å². The molecule has 1 aromatic carbocycles. The van der Waals surface area contributed by atoms with Crippen LogP contribution in [0.2, 0.25) is 0 Å². The molecule has 0 heterocycles. The lowest BCUT2D eigenvalue weighted by atomic mass is 10.1. The molecule has 0 fully saturated rings. The molecule has 0 aliphatic heterocycles. The van der Waals surface area contributed by atoms with Gasteiger partial charge in [-0.05, 0) is 38.0 Å². The molecule has 0 bridgehead atoms. The average molecular weight is 223 g/mol. The third kappa shape index (κ3) is 5.14. The first-order chi connectivity index (χ1) is 7.51. The lowest BCUT2D eigenvalue weighted by molar-refractivity contribution is 0.0997. The molecule has 90 valence electrons. The van der Waals surface area contributed by atoms with Gasteiger partial charge in [0.2, 0.25) is 0 Å². The fourth-order valence-corrected chi connectivity index (χ4v) is 1.32. The molecule has 3 heteroatoms. The second-order valence-corrected chi connectivity index (χ2v) is 4.64. The van der Waals surface area contributed by atoms with Crippen LogP contribution >= 0.6 is 0 Å². The average Bonchev–Trinajstić information content (AvgIpc) is 2.24. The van der Waals surface area contributed by atoms with Crippen LogP contribution < -0.4 is 10.5 Å². The summed E-state index contributed by atoms with van der Waals surface area (Å²) in [5.41, 5.74) is 6.81. The van der Waals surface area contributed by atoms with Crippen LogP contribution in [0.4, 0.5) is 0 Å². The summed E-state index contributed by atoms with van der Waals surface area (Å²) in [6.07, 6.45) is 0.903. The SMILES string of the molecule is COc1ccc(CCOCC(C)(C)N)cc1. The molecule has 0 atom stereocenters. The Hall–Kier alpha value is -1.06. The molecule has 0 radical (unpaired) electrons. The third-order valence-electron chi connectivity index (χ3n) is 2.17. The summed E-state index contributed by atoms with van der Waals surface area (Å²) in [5.74, 6) is 0.882. The topological polar surface area (TPSA) is 44.5 Å². The maximum Gasteiger partial charge on any atom is 0.118 e. The molecule has 0 aliphatic carbocycles. The molecule has 0 spiro atoms. The van der Waals surface area contributed by atoms with E-state index in [2.05, 4.69) is 12.1 Å². The number of ether oxygens (including phenoxy) is 2. The summed E-state index contributed by atoms with van der Waals surface area (Å²) in [4.78, 5) is 0. The lowest BCUT2D eigenvalue weighted by Gasteiger charge is -2.18. The Morgan fingerprint density at radius 3 is 2.31 bits per heavy atom. The summed E-state index contributed by atoms with van der Waals surface area (Å²) < 4.78 is 10.6. The second-order valence-electron chi connectivity index (χ2n) is 4.64. The maximum absolute atomic E-state index is 5.81. The third-order valence-corrected chi connectivity index (χ3v) is 2.17. The van der Waals surface area contributed by atoms with E-state index in [0.29, 0.717) is 13.2 Å². The highest BCUT2D eigenvalue weighted by atomic mass is 16.5. The van der Waals surface area contributed by atoms with E-state index in [9.17, 15) is 0 Å². The smallest absolute Gasteiger partial charge is 0.118 e. The molecule has 1 aromatic rings. The Bertz CT molecular complexity index is 301. The van der Waals surface area contributed by atoms with Gasteiger partial charge in [0.15, 0.2) is 0 Å². The molecule has 0 saturated heterocycles. The lowest BCUT2D eigenvalue weighted by Crippen LogP contribution is -2.37. The van der Waals surface area contributed by atoms with Crippen LogP contribution in [0.15, 0.2) is 24.3 Å². The fourth-order valence-electron chi connectivity index (χ4n) is 1.32. The van der Waals surface area contributed by atoms with Gasteiger partial charge in [0, 0.05) is 5.54 Å². The molecule has 0 unspecified atom stereocenters. The standard InChI is InChI=1S/C13H21NO2/c1-13(2,14)10-16-9-8-11-4-6-12(15-3)7-5-11/h4-7H,8-10,14H2,1-3H3. The van der Waals surface area contributed by atoms with Crippen molar-refractivity contribution >= 4 is 0 Å². The van der Waals surface area contributed by atoms with Crippen LogP contribution in [-0.4, -0.2) is 25.9 Å². The summed E-state index contributed by atoms with van der Waals surface area (Å²) in [6, 6.07) is 8.02. The van der Waals surface area contributed by atoms with Gasteiger partial charge in [-0.15, -0.1) is 0 Å². The summed E-state index contributed by atoms with van der Waals surface area (Å²) in [5, 5.41) is 0. The Kier molecular flexibility index (Phi) is 4.77.